The summed E-state index contributed by atoms with van der Waals surface area (Å²) in [4.78, 5) is 0. The third-order valence-corrected chi connectivity index (χ3v) is 2.82. The minimum Gasteiger partial charge on any atom is -0.490 e. The molecule has 4 heteroatoms. The minimum atomic E-state index is -0.538. The molecular formula is C11H13F2NO. The molecule has 0 aliphatic heterocycles. The Kier molecular flexibility index (Phi) is 2.61. The van der Waals surface area contributed by atoms with E-state index in [1.54, 1.807) is 0 Å². The number of hydrogen-bond acceptors (Lipinski definition) is 2. The Morgan fingerprint density at radius 1 is 1.33 bits per heavy atom. The van der Waals surface area contributed by atoms with Crippen molar-refractivity contribution in [3.8, 4) is 5.75 Å². The molecule has 2 N–H and O–H groups in total. The van der Waals surface area contributed by atoms with Crippen LogP contribution in [-0.4, -0.2) is 13.2 Å². The maximum Gasteiger partial charge on any atom is 0.165 e. The molecule has 0 radical (unpaired) electrons. The quantitative estimate of drug-likeness (QED) is 0.831. The van der Waals surface area contributed by atoms with E-state index in [1.165, 1.54) is 0 Å². The zero-order valence-corrected chi connectivity index (χ0v) is 8.30. The molecule has 0 aromatic heterocycles. The maximum atomic E-state index is 13.1. The highest BCUT2D eigenvalue weighted by Crippen LogP contribution is 2.44. The Morgan fingerprint density at radius 3 is 2.67 bits per heavy atom. The zero-order valence-electron chi connectivity index (χ0n) is 8.30. The van der Waals surface area contributed by atoms with Crippen LogP contribution in [-0.2, 0) is 0 Å². The van der Waals surface area contributed by atoms with Gasteiger partial charge in [-0.05, 0) is 25.0 Å². The molecule has 1 aliphatic carbocycles. The van der Waals surface area contributed by atoms with Crippen LogP contribution in [0, 0.1) is 17.0 Å². The van der Waals surface area contributed by atoms with Crippen molar-refractivity contribution in [3.05, 3.63) is 29.8 Å². The van der Waals surface area contributed by atoms with Gasteiger partial charge < -0.3 is 10.5 Å². The van der Waals surface area contributed by atoms with Crippen LogP contribution < -0.4 is 10.5 Å². The summed E-state index contributed by atoms with van der Waals surface area (Å²) >= 11 is 0. The standard InChI is InChI=1S/C11H13F2NO/c12-8-1-2-9(13)10(5-8)15-7-11(6-14)3-4-11/h1-2,5H,3-4,6-7,14H2. The van der Waals surface area contributed by atoms with Crippen LogP contribution in [0.3, 0.4) is 0 Å². The lowest BCUT2D eigenvalue weighted by Crippen LogP contribution is -2.23. The Balaban J connectivity index is 2.01. The van der Waals surface area contributed by atoms with Gasteiger partial charge in [-0.1, -0.05) is 0 Å². The van der Waals surface area contributed by atoms with Crippen molar-refractivity contribution < 1.29 is 13.5 Å². The number of halogens is 2. The van der Waals surface area contributed by atoms with Gasteiger partial charge in [-0.15, -0.1) is 0 Å². The van der Waals surface area contributed by atoms with Gasteiger partial charge >= 0.3 is 0 Å². The predicted octanol–water partition coefficient (Wildman–Crippen LogP) is 2.08. The molecule has 82 valence electrons. The minimum absolute atomic E-state index is 0.00123. The first-order valence-corrected chi connectivity index (χ1v) is 4.93. The summed E-state index contributed by atoms with van der Waals surface area (Å²) in [6.45, 7) is 0.897. The molecule has 0 bridgehead atoms. The predicted molar refractivity (Wildman–Crippen MR) is 52.6 cm³/mol. The summed E-state index contributed by atoms with van der Waals surface area (Å²) in [7, 11) is 0. The highest BCUT2D eigenvalue weighted by molar-refractivity contribution is 5.25. The third kappa shape index (κ3) is 2.26. The van der Waals surface area contributed by atoms with Crippen LogP contribution in [0.4, 0.5) is 8.78 Å². The fraction of sp³-hybridized carbons (Fsp3) is 0.455. The van der Waals surface area contributed by atoms with Gasteiger partial charge in [-0.3, -0.25) is 0 Å². The molecule has 1 aliphatic rings. The van der Waals surface area contributed by atoms with Gasteiger partial charge in [0.15, 0.2) is 11.6 Å². The molecule has 2 nitrogen and oxygen atoms in total. The number of ether oxygens (including phenoxy) is 1. The van der Waals surface area contributed by atoms with Crippen LogP contribution in [0.25, 0.3) is 0 Å². The fourth-order valence-corrected chi connectivity index (χ4v) is 1.40. The molecular weight excluding hydrogens is 200 g/mol. The van der Waals surface area contributed by atoms with E-state index in [4.69, 9.17) is 10.5 Å². The third-order valence-electron chi connectivity index (χ3n) is 2.82. The Morgan fingerprint density at radius 2 is 2.07 bits per heavy atom. The van der Waals surface area contributed by atoms with E-state index in [1.807, 2.05) is 0 Å². The van der Waals surface area contributed by atoms with Crippen molar-refractivity contribution in [3.63, 3.8) is 0 Å². The topological polar surface area (TPSA) is 35.2 Å². The van der Waals surface area contributed by atoms with Crippen LogP contribution >= 0.6 is 0 Å². The number of nitrogens with two attached hydrogens (primary N) is 1. The SMILES string of the molecule is NCC1(COc2cc(F)ccc2F)CC1. The second-order valence-corrected chi connectivity index (χ2v) is 4.07. The van der Waals surface area contributed by atoms with E-state index >= 15 is 0 Å². The molecule has 0 spiro atoms. The van der Waals surface area contributed by atoms with Crippen molar-refractivity contribution >= 4 is 0 Å². The van der Waals surface area contributed by atoms with Gasteiger partial charge in [0.1, 0.15) is 5.82 Å². The molecule has 1 aromatic carbocycles. The van der Waals surface area contributed by atoms with E-state index in [-0.39, 0.29) is 11.2 Å². The first-order chi connectivity index (χ1) is 7.15. The fourth-order valence-electron chi connectivity index (χ4n) is 1.40. The Labute approximate surface area is 87.0 Å². The summed E-state index contributed by atoms with van der Waals surface area (Å²) in [6, 6.07) is 3.19. The second kappa shape index (κ2) is 3.77. The molecule has 1 aromatic rings. The van der Waals surface area contributed by atoms with Gasteiger partial charge in [0.05, 0.1) is 6.61 Å². The Hall–Kier alpha value is -1.16. The van der Waals surface area contributed by atoms with Gasteiger partial charge in [-0.2, -0.15) is 0 Å². The maximum absolute atomic E-state index is 13.1. The lowest BCUT2D eigenvalue weighted by atomic mass is 10.1. The van der Waals surface area contributed by atoms with Crippen LogP contribution in [0.15, 0.2) is 18.2 Å². The van der Waals surface area contributed by atoms with E-state index < -0.39 is 11.6 Å². The van der Waals surface area contributed by atoms with Crippen molar-refractivity contribution in [1.82, 2.24) is 0 Å². The summed E-state index contributed by atoms with van der Waals surface area (Å²) < 4.78 is 31.2. The highest BCUT2D eigenvalue weighted by atomic mass is 19.1. The average molecular weight is 213 g/mol. The molecule has 1 saturated carbocycles. The molecule has 0 unspecified atom stereocenters. The molecule has 0 atom stereocenters. The van der Waals surface area contributed by atoms with Crippen LogP contribution in [0.5, 0.6) is 5.75 Å². The van der Waals surface area contributed by atoms with Crippen molar-refractivity contribution in [2.75, 3.05) is 13.2 Å². The van der Waals surface area contributed by atoms with Crippen LogP contribution in [0.1, 0.15) is 12.8 Å². The van der Waals surface area contributed by atoms with Gasteiger partial charge in [0, 0.05) is 18.0 Å². The largest absolute Gasteiger partial charge is 0.490 e. The van der Waals surface area contributed by atoms with E-state index in [0.29, 0.717) is 13.2 Å². The molecule has 2 rings (SSSR count). The first kappa shape index (κ1) is 10.4. The van der Waals surface area contributed by atoms with Crippen molar-refractivity contribution in [1.29, 1.82) is 0 Å². The number of rotatable bonds is 4. The monoisotopic (exact) mass is 213 g/mol. The number of benzene rings is 1. The summed E-state index contributed by atoms with van der Waals surface area (Å²) in [5, 5.41) is 0. The second-order valence-electron chi connectivity index (χ2n) is 4.07. The van der Waals surface area contributed by atoms with Gasteiger partial charge in [0.25, 0.3) is 0 Å². The smallest absolute Gasteiger partial charge is 0.165 e. The highest BCUT2D eigenvalue weighted by Gasteiger charge is 2.42. The van der Waals surface area contributed by atoms with Gasteiger partial charge in [0.2, 0.25) is 0 Å². The Bertz CT molecular complexity index is 364. The molecule has 0 heterocycles. The molecule has 0 amide bonds. The zero-order chi connectivity index (χ0) is 10.9. The summed E-state index contributed by atoms with van der Waals surface area (Å²) in [6.07, 6.45) is 2.00. The molecule has 1 fully saturated rings. The van der Waals surface area contributed by atoms with E-state index in [2.05, 4.69) is 0 Å². The average Bonchev–Trinajstić information content (AvgIpc) is 3.00. The van der Waals surface area contributed by atoms with Crippen LogP contribution in [0.2, 0.25) is 0 Å². The van der Waals surface area contributed by atoms with Gasteiger partial charge in [-0.25, -0.2) is 8.78 Å². The lowest BCUT2D eigenvalue weighted by Gasteiger charge is -2.14. The summed E-state index contributed by atoms with van der Waals surface area (Å²) in [5.74, 6) is -1.07. The normalized spacial score (nSPS) is 17.5. The first-order valence-electron chi connectivity index (χ1n) is 4.93. The molecule has 0 saturated heterocycles. The molecule has 15 heavy (non-hydrogen) atoms. The lowest BCUT2D eigenvalue weighted by molar-refractivity contribution is 0.228. The summed E-state index contributed by atoms with van der Waals surface area (Å²) in [5.41, 5.74) is 5.55. The van der Waals surface area contributed by atoms with Crippen molar-refractivity contribution in [2.45, 2.75) is 12.8 Å². The van der Waals surface area contributed by atoms with E-state index in [9.17, 15) is 8.78 Å². The van der Waals surface area contributed by atoms with E-state index in [0.717, 1.165) is 31.0 Å². The number of hydrogen-bond donors (Lipinski definition) is 1. The van der Waals surface area contributed by atoms with Crippen molar-refractivity contribution in [2.24, 2.45) is 11.1 Å².